The average molecular weight is 337 g/mol. The van der Waals surface area contributed by atoms with Gasteiger partial charge in [-0.25, -0.2) is 4.39 Å². The minimum Gasteiger partial charge on any atom is -0.493 e. The lowest BCUT2D eigenvalue weighted by Gasteiger charge is -2.36. The van der Waals surface area contributed by atoms with Crippen LogP contribution in [0.4, 0.5) is 4.39 Å². The monoisotopic (exact) mass is 337 g/mol. The minimum atomic E-state index is -0.586. The van der Waals surface area contributed by atoms with Crippen LogP contribution in [-0.4, -0.2) is 42.4 Å². The summed E-state index contributed by atoms with van der Waals surface area (Å²) in [4.78, 5) is 2.22. The van der Waals surface area contributed by atoms with Crippen molar-refractivity contribution in [2.45, 2.75) is 25.2 Å². The maximum absolute atomic E-state index is 13.2. The fourth-order valence-electron chi connectivity index (χ4n) is 2.80. The molecule has 1 saturated heterocycles. The quantitative estimate of drug-likeness (QED) is 0.911. The van der Waals surface area contributed by atoms with Crippen LogP contribution >= 0.6 is 11.3 Å². The number of likely N-dealkylation sites (tertiary alicyclic amines) is 1. The van der Waals surface area contributed by atoms with Crippen LogP contribution in [-0.2, 0) is 6.54 Å². The molecule has 0 amide bonds. The summed E-state index contributed by atoms with van der Waals surface area (Å²) in [7, 11) is 1.47. The Morgan fingerprint density at radius 1 is 1.35 bits per heavy atom. The largest absolute Gasteiger partial charge is 0.493 e. The van der Waals surface area contributed by atoms with Crippen molar-refractivity contribution in [3.8, 4) is 11.5 Å². The SMILES string of the molecule is COc1cc(F)ccc1O[C@@H]1CCN(Cc2ccsc2)C[C@H]1O. The Bertz CT molecular complexity index is 635. The molecule has 23 heavy (non-hydrogen) atoms. The van der Waals surface area contributed by atoms with Gasteiger partial charge in [-0.2, -0.15) is 11.3 Å². The van der Waals surface area contributed by atoms with Gasteiger partial charge >= 0.3 is 0 Å². The van der Waals surface area contributed by atoms with Gasteiger partial charge in [0.05, 0.1) is 7.11 Å². The summed E-state index contributed by atoms with van der Waals surface area (Å²) in [5.41, 5.74) is 1.27. The molecular formula is C17H20FNO3S. The first kappa shape index (κ1) is 16.2. The highest BCUT2D eigenvalue weighted by atomic mass is 32.1. The molecule has 0 bridgehead atoms. The molecule has 1 N–H and O–H groups in total. The zero-order valence-electron chi connectivity index (χ0n) is 12.9. The van der Waals surface area contributed by atoms with Gasteiger partial charge in [0.2, 0.25) is 0 Å². The number of piperidine rings is 1. The number of β-amino-alcohol motifs (C(OH)–C–C–N with tert-alkyl or cyclic N) is 1. The first-order chi connectivity index (χ1) is 11.2. The number of hydrogen-bond donors (Lipinski definition) is 1. The Morgan fingerprint density at radius 3 is 2.91 bits per heavy atom. The lowest BCUT2D eigenvalue weighted by atomic mass is 10.0. The molecule has 2 heterocycles. The molecule has 1 aromatic carbocycles. The van der Waals surface area contributed by atoms with Gasteiger partial charge in [0.1, 0.15) is 18.0 Å². The fourth-order valence-corrected chi connectivity index (χ4v) is 3.46. The van der Waals surface area contributed by atoms with Crippen molar-refractivity contribution >= 4 is 11.3 Å². The van der Waals surface area contributed by atoms with Gasteiger partial charge in [0, 0.05) is 25.7 Å². The molecular weight excluding hydrogens is 317 g/mol. The van der Waals surface area contributed by atoms with Crippen molar-refractivity contribution in [3.63, 3.8) is 0 Å². The van der Waals surface area contributed by atoms with E-state index in [4.69, 9.17) is 9.47 Å². The highest BCUT2D eigenvalue weighted by molar-refractivity contribution is 7.07. The number of thiophene rings is 1. The van der Waals surface area contributed by atoms with E-state index in [1.54, 1.807) is 17.4 Å². The first-order valence-corrected chi connectivity index (χ1v) is 8.51. The van der Waals surface area contributed by atoms with Gasteiger partial charge in [-0.15, -0.1) is 0 Å². The molecule has 1 fully saturated rings. The van der Waals surface area contributed by atoms with Crippen LogP contribution in [0.25, 0.3) is 0 Å². The summed E-state index contributed by atoms with van der Waals surface area (Å²) >= 11 is 1.68. The molecule has 4 nitrogen and oxygen atoms in total. The predicted molar refractivity (Wildman–Crippen MR) is 87.6 cm³/mol. The number of hydrogen-bond acceptors (Lipinski definition) is 5. The van der Waals surface area contributed by atoms with Crippen molar-refractivity contribution in [2.75, 3.05) is 20.2 Å². The van der Waals surface area contributed by atoms with Gasteiger partial charge in [-0.1, -0.05) is 0 Å². The van der Waals surface area contributed by atoms with Crippen LogP contribution in [0.3, 0.4) is 0 Å². The molecule has 3 rings (SSSR count). The number of rotatable bonds is 5. The number of ether oxygens (including phenoxy) is 2. The van der Waals surface area contributed by atoms with E-state index in [-0.39, 0.29) is 11.9 Å². The lowest BCUT2D eigenvalue weighted by Crippen LogP contribution is -2.48. The lowest BCUT2D eigenvalue weighted by molar-refractivity contribution is -0.0283. The number of nitrogens with zero attached hydrogens (tertiary/aromatic N) is 1. The van der Waals surface area contributed by atoms with E-state index in [1.165, 1.54) is 24.8 Å². The Kier molecular flexibility index (Phi) is 5.15. The molecule has 0 radical (unpaired) electrons. The Balaban J connectivity index is 1.60. The van der Waals surface area contributed by atoms with Crippen LogP contribution in [0, 0.1) is 5.82 Å². The van der Waals surface area contributed by atoms with Crippen LogP contribution in [0.2, 0.25) is 0 Å². The highest BCUT2D eigenvalue weighted by Crippen LogP contribution is 2.30. The molecule has 1 aromatic heterocycles. The topological polar surface area (TPSA) is 41.9 Å². The zero-order chi connectivity index (χ0) is 16.2. The van der Waals surface area contributed by atoms with E-state index in [0.717, 1.165) is 13.1 Å². The Morgan fingerprint density at radius 2 is 2.22 bits per heavy atom. The normalized spacial score (nSPS) is 22.0. The van der Waals surface area contributed by atoms with Crippen molar-refractivity contribution in [3.05, 3.63) is 46.4 Å². The smallest absolute Gasteiger partial charge is 0.163 e. The molecule has 0 saturated carbocycles. The average Bonchev–Trinajstić information content (AvgIpc) is 3.04. The standard InChI is InChI=1S/C17H20FNO3S/c1-21-17-8-13(18)2-3-16(17)22-15-4-6-19(10-14(15)20)9-12-5-7-23-11-12/h2-3,5,7-8,11,14-15,20H,4,6,9-10H2,1H3/t14-,15-/m1/s1. The van der Waals surface area contributed by atoms with Crippen molar-refractivity contribution in [1.82, 2.24) is 4.90 Å². The minimum absolute atomic E-state index is 0.312. The summed E-state index contributed by atoms with van der Waals surface area (Å²) in [6.45, 7) is 2.25. The van der Waals surface area contributed by atoms with Gasteiger partial charge in [-0.05, 0) is 40.9 Å². The van der Waals surface area contributed by atoms with Crippen molar-refractivity contribution < 1.29 is 19.0 Å². The number of aliphatic hydroxyl groups excluding tert-OH is 1. The maximum Gasteiger partial charge on any atom is 0.163 e. The second-order valence-corrected chi connectivity index (χ2v) is 6.45. The number of methoxy groups -OCH3 is 1. The molecule has 0 unspecified atom stereocenters. The molecule has 124 valence electrons. The first-order valence-electron chi connectivity index (χ1n) is 7.57. The molecule has 0 aliphatic carbocycles. The third-order valence-electron chi connectivity index (χ3n) is 3.99. The Labute approximate surface area is 139 Å². The van der Waals surface area contributed by atoms with E-state index in [2.05, 4.69) is 21.7 Å². The van der Waals surface area contributed by atoms with Gasteiger partial charge in [0.25, 0.3) is 0 Å². The highest BCUT2D eigenvalue weighted by Gasteiger charge is 2.30. The van der Waals surface area contributed by atoms with Gasteiger partial charge < -0.3 is 14.6 Å². The number of benzene rings is 1. The number of aliphatic hydroxyl groups is 1. The summed E-state index contributed by atoms with van der Waals surface area (Å²) < 4.78 is 24.2. The molecule has 2 atom stereocenters. The van der Waals surface area contributed by atoms with E-state index in [0.29, 0.717) is 24.5 Å². The summed E-state index contributed by atoms with van der Waals surface area (Å²) in [6, 6.07) is 6.25. The second-order valence-electron chi connectivity index (χ2n) is 5.67. The van der Waals surface area contributed by atoms with E-state index < -0.39 is 6.10 Å². The molecule has 1 aliphatic heterocycles. The fraction of sp³-hybridized carbons (Fsp3) is 0.412. The van der Waals surface area contributed by atoms with Crippen LogP contribution in [0.1, 0.15) is 12.0 Å². The third kappa shape index (κ3) is 4.02. The molecule has 0 spiro atoms. The maximum atomic E-state index is 13.2. The molecule has 6 heteroatoms. The van der Waals surface area contributed by atoms with Crippen LogP contribution in [0.15, 0.2) is 35.0 Å². The third-order valence-corrected chi connectivity index (χ3v) is 4.73. The number of halogens is 1. The predicted octanol–water partition coefficient (Wildman–Crippen LogP) is 2.91. The van der Waals surface area contributed by atoms with Crippen LogP contribution in [0.5, 0.6) is 11.5 Å². The van der Waals surface area contributed by atoms with Crippen molar-refractivity contribution in [1.29, 1.82) is 0 Å². The van der Waals surface area contributed by atoms with Crippen molar-refractivity contribution in [2.24, 2.45) is 0 Å². The molecule has 1 aliphatic rings. The van der Waals surface area contributed by atoms with Gasteiger partial charge in [0.15, 0.2) is 11.5 Å². The Hall–Kier alpha value is -1.63. The van der Waals surface area contributed by atoms with Gasteiger partial charge in [-0.3, -0.25) is 4.90 Å². The molecule has 2 aromatic rings. The van der Waals surface area contributed by atoms with Crippen LogP contribution < -0.4 is 9.47 Å². The summed E-state index contributed by atoms with van der Waals surface area (Å²) in [5, 5.41) is 14.5. The van der Waals surface area contributed by atoms with E-state index in [9.17, 15) is 9.50 Å². The summed E-state index contributed by atoms with van der Waals surface area (Å²) in [6.07, 6.45) is -0.184. The zero-order valence-corrected chi connectivity index (χ0v) is 13.8. The summed E-state index contributed by atoms with van der Waals surface area (Å²) in [5.74, 6) is 0.433. The second kappa shape index (κ2) is 7.29. The van der Waals surface area contributed by atoms with E-state index >= 15 is 0 Å². The van der Waals surface area contributed by atoms with E-state index in [1.807, 2.05) is 0 Å².